The van der Waals surface area contributed by atoms with Gasteiger partial charge in [-0.1, -0.05) is 30.4 Å². The van der Waals surface area contributed by atoms with E-state index in [0.29, 0.717) is 12.1 Å². The highest BCUT2D eigenvalue weighted by Crippen LogP contribution is 2.17. The maximum Gasteiger partial charge on any atom is 0.307 e. The molecule has 0 unspecified atom stereocenters. The molecule has 0 saturated heterocycles. The lowest BCUT2D eigenvalue weighted by molar-refractivity contribution is -0.136. The molecule has 1 aromatic carbocycles. The van der Waals surface area contributed by atoms with E-state index in [-0.39, 0.29) is 12.3 Å². The van der Waals surface area contributed by atoms with E-state index in [2.05, 4.69) is 10.4 Å². The summed E-state index contributed by atoms with van der Waals surface area (Å²) in [5.41, 5.74) is 4.72. The molecule has 0 fully saturated rings. The number of anilines is 1. The second-order valence-electron chi connectivity index (χ2n) is 6.40. The van der Waals surface area contributed by atoms with Gasteiger partial charge in [0.2, 0.25) is 0 Å². The number of carbonyl (C=O) groups excluding carboxylic acids is 1. The normalized spacial score (nSPS) is 11.8. The predicted octanol–water partition coefficient (Wildman–Crippen LogP) is 3.64. The SMILES string of the molecule is CC=CC=C(C)C(=O)Nc1ccc(Cn2nc(C)c(CC(=O)O)c2C)cc1. The van der Waals surface area contributed by atoms with Crippen LogP contribution in [0.1, 0.15) is 36.4 Å². The van der Waals surface area contributed by atoms with Gasteiger partial charge < -0.3 is 10.4 Å². The van der Waals surface area contributed by atoms with E-state index in [0.717, 1.165) is 28.2 Å². The molecular weight excluding hydrogens is 342 g/mol. The fraction of sp³-hybridized carbons (Fsp3) is 0.286. The molecule has 2 aromatic rings. The summed E-state index contributed by atoms with van der Waals surface area (Å²) in [6.07, 6.45) is 5.43. The average molecular weight is 367 g/mol. The third kappa shape index (κ3) is 5.41. The number of amides is 1. The second kappa shape index (κ2) is 8.98. The summed E-state index contributed by atoms with van der Waals surface area (Å²) >= 11 is 0. The summed E-state index contributed by atoms with van der Waals surface area (Å²) < 4.78 is 1.81. The van der Waals surface area contributed by atoms with Gasteiger partial charge in [0.1, 0.15) is 0 Å². The molecule has 0 aliphatic rings. The van der Waals surface area contributed by atoms with Gasteiger partial charge in [-0.05, 0) is 45.4 Å². The molecule has 142 valence electrons. The first-order chi connectivity index (χ1) is 12.8. The molecule has 0 bridgehead atoms. The van der Waals surface area contributed by atoms with Gasteiger partial charge in [-0.15, -0.1) is 0 Å². The number of rotatable bonds is 7. The van der Waals surface area contributed by atoms with Gasteiger partial charge in [-0.3, -0.25) is 14.3 Å². The predicted molar refractivity (Wildman–Crippen MR) is 106 cm³/mol. The first-order valence-corrected chi connectivity index (χ1v) is 8.76. The number of carboxylic acids is 1. The number of hydrogen-bond acceptors (Lipinski definition) is 3. The molecule has 1 amide bonds. The molecule has 6 nitrogen and oxygen atoms in total. The third-order valence-electron chi connectivity index (χ3n) is 4.30. The van der Waals surface area contributed by atoms with Crippen LogP contribution in [0.4, 0.5) is 5.69 Å². The van der Waals surface area contributed by atoms with E-state index in [9.17, 15) is 9.59 Å². The molecule has 0 saturated carbocycles. The smallest absolute Gasteiger partial charge is 0.307 e. The number of hydrogen-bond donors (Lipinski definition) is 2. The Bertz CT molecular complexity index is 890. The van der Waals surface area contributed by atoms with Crippen molar-refractivity contribution in [3.05, 3.63) is 70.6 Å². The molecule has 2 rings (SSSR count). The van der Waals surface area contributed by atoms with E-state index in [1.165, 1.54) is 0 Å². The van der Waals surface area contributed by atoms with Gasteiger partial charge in [0, 0.05) is 22.5 Å². The largest absolute Gasteiger partial charge is 0.481 e. The van der Waals surface area contributed by atoms with Crippen LogP contribution in [0.5, 0.6) is 0 Å². The molecule has 0 aliphatic heterocycles. The van der Waals surface area contributed by atoms with Crippen LogP contribution in [-0.4, -0.2) is 26.8 Å². The molecule has 0 atom stereocenters. The van der Waals surface area contributed by atoms with E-state index >= 15 is 0 Å². The van der Waals surface area contributed by atoms with Crippen molar-refractivity contribution in [3.63, 3.8) is 0 Å². The van der Waals surface area contributed by atoms with Gasteiger partial charge in [0.05, 0.1) is 18.7 Å². The van der Waals surface area contributed by atoms with Crippen LogP contribution in [0, 0.1) is 13.8 Å². The van der Waals surface area contributed by atoms with Crippen molar-refractivity contribution in [2.45, 2.75) is 40.7 Å². The lowest BCUT2D eigenvalue weighted by atomic mass is 10.1. The number of benzene rings is 1. The molecule has 27 heavy (non-hydrogen) atoms. The Morgan fingerprint density at radius 3 is 2.48 bits per heavy atom. The van der Waals surface area contributed by atoms with Crippen molar-refractivity contribution >= 4 is 17.6 Å². The highest BCUT2D eigenvalue weighted by molar-refractivity contribution is 6.03. The van der Waals surface area contributed by atoms with Gasteiger partial charge in [0.25, 0.3) is 5.91 Å². The molecule has 6 heteroatoms. The van der Waals surface area contributed by atoms with Crippen LogP contribution in [0.15, 0.2) is 48.1 Å². The fourth-order valence-electron chi connectivity index (χ4n) is 2.71. The molecule has 1 heterocycles. The van der Waals surface area contributed by atoms with Crippen LogP contribution >= 0.6 is 0 Å². The summed E-state index contributed by atoms with van der Waals surface area (Å²) in [6, 6.07) is 7.54. The number of aromatic nitrogens is 2. The van der Waals surface area contributed by atoms with E-state index in [1.807, 2.05) is 61.9 Å². The van der Waals surface area contributed by atoms with Crippen LogP contribution in [0.2, 0.25) is 0 Å². The van der Waals surface area contributed by atoms with Crippen molar-refractivity contribution in [3.8, 4) is 0 Å². The summed E-state index contributed by atoms with van der Waals surface area (Å²) in [7, 11) is 0. The Kier molecular flexibility index (Phi) is 6.71. The lowest BCUT2D eigenvalue weighted by Crippen LogP contribution is -2.12. The number of nitrogens with zero attached hydrogens (tertiary/aromatic N) is 2. The van der Waals surface area contributed by atoms with E-state index < -0.39 is 5.97 Å². The van der Waals surface area contributed by atoms with Crippen molar-refractivity contribution < 1.29 is 14.7 Å². The van der Waals surface area contributed by atoms with Crippen molar-refractivity contribution in [1.82, 2.24) is 9.78 Å². The Balaban J connectivity index is 2.08. The van der Waals surface area contributed by atoms with Gasteiger partial charge in [-0.25, -0.2) is 0 Å². The molecule has 0 radical (unpaired) electrons. The minimum atomic E-state index is -0.861. The Hall–Kier alpha value is -3.15. The standard InChI is InChI=1S/C21H25N3O3/c1-5-6-7-14(2)21(27)22-18-10-8-17(9-11-18)13-24-16(4)19(12-20(25)26)15(3)23-24/h5-11H,12-13H2,1-4H3,(H,22,27)(H,25,26). The van der Waals surface area contributed by atoms with Crippen LogP contribution in [-0.2, 0) is 22.6 Å². The monoisotopic (exact) mass is 367 g/mol. The van der Waals surface area contributed by atoms with Gasteiger partial charge >= 0.3 is 5.97 Å². The summed E-state index contributed by atoms with van der Waals surface area (Å²) in [4.78, 5) is 23.1. The van der Waals surface area contributed by atoms with Crippen molar-refractivity contribution in [1.29, 1.82) is 0 Å². The van der Waals surface area contributed by atoms with Crippen LogP contribution < -0.4 is 5.32 Å². The number of aliphatic carboxylic acids is 1. The average Bonchev–Trinajstić information content (AvgIpc) is 2.88. The lowest BCUT2D eigenvalue weighted by Gasteiger charge is -2.08. The zero-order valence-electron chi connectivity index (χ0n) is 16.1. The topological polar surface area (TPSA) is 84.2 Å². The minimum absolute atomic E-state index is 0.0251. The molecule has 0 spiro atoms. The summed E-state index contributed by atoms with van der Waals surface area (Å²) in [5, 5.41) is 16.3. The first-order valence-electron chi connectivity index (χ1n) is 8.76. The summed E-state index contributed by atoms with van der Waals surface area (Å²) in [6.45, 7) is 7.91. The first kappa shape index (κ1) is 20.2. The Labute approximate surface area is 159 Å². The highest BCUT2D eigenvalue weighted by atomic mass is 16.4. The number of aryl methyl sites for hydroxylation is 1. The Morgan fingerprint density at radius 2 is 1.89 bits per heavy atom. The maximum absolute atomic E-state index is 12.1. The number of allylic oxidation sites excluding steroid dienone is 3. The van der Waals surface area contributed by atoms with Crippen LogP contribution in [0.25, 0.3) is 0 Å². The van der Waals surface area contributed by atoms with E-state index in [1.54, 1.807) is 13.0 Å². The molecule has 0 aliphatic carbocycles. The third-order valence-corrected chi connectivity index (χ3v) is 4.30. The maximum atomic E-state index is 12.1. The fourth-order valence-corrected chi connectivity index (χ4v) is 2.71. The zero-order chi connectivity index (χ0) is 20.0. The minimum Gasteiger partial charge on any atom is -0.481 e. The molecule has 1 aromatic heterocycles. The van der Waals surface area contributed by atoms with Crippen molar-refractivity contribution in [2.24, 2.45) is 0 Å². The highest BCUT2D eigenvalue weighted by Gasteiger charge is 2.14. The van der Waals surface area contributed by atoms with Crippen LogP contribution in [0.3, 0.4) is 0 Å². The summed E-state index contributed by atoms with van der Waals surface area (Å²) in [5.74, 6) is -1.00. The number of carbonyl (C=O) groups is 2. The zero-order valence-corrected chi connectivity index (χ0v) is 16.1. The van der Waals surface area contributed by atoms with Crippen molar-refractivity contribution in [2.75, 3.05) is 5.32 Å². The second-order valence-corrected chi connectivity index (χ2v) is 6.40. The quantitative estimate of drug-likeness (QED) is 0.578. The number of nitrogens with one attached hydrogen (secondary N) is 1. The van der Waals surface area contributed by atoms with Gasteiger partial charge in [0.15, 0.2) is 0 Å². The Morgan fingerprint density at radius 1 is 1.22 bits per heavy atom. The number of carboxylic acid groups (broad SMARTS) is 1. The molecule has 2 N–H and O–H groups in total. The molecular formula is C21H25N3O3. The van der Waals surface area contributed by atoms with E-state index in [4.69, 9.17) is 5.11 Å². The van der Waals surface area contributed by atoms with Gasteiger partial charge in [-0.2, -0.15) is 5.10 Å².